The van der Waals surface area contributed by atoms with Crippen LogP contribution in [0.4, 0.5) is 18.9 Å². The molecule has 1 N–H and O–H groups in total. The highest BCUT2D eigenvalue weighted by atomic mass is 35.5. The van der Waals surface area contributed by atoms with Crippen LogP contribution in [0.3, 0.4) is 0 Å². The first-order valence-corrected chi connectivity index (χ1v) is 9.26. The van der Waals surface area contributed by atoms with Crippen molar-refractivity contribution in [2.75, 3.05) is 5.32 Å². The molecule has 11 heteroatoms. The monoisotopic (exact) mass is 466 g/mol. The predicted molar refractivity (Wildman–Crippen MR) is 108 cm³/mol. The lowest BCUT2D eigenvalue weighted by atomic mass is 10.2. The van der Waals surface area contributed by atoms with Crippen molar-refractivity contribution in [1.29, 1.82) is 0 Å². The van der Waals surface area contributed by atoms with Crippen molar-refractivity contribution in [1.82, 2.24) is 4.98 Å². The quantitative estimate of drug-likeness (QED) is 0.375. The highest BCUT2D eigenvalue weighted by Gasteiger charge is 2.31. The number of aromatic nitrogens is 1. The van der Waals surface area contributed by atoms with Crippen molar-refractivity contribution in [3.63, 3.8) is 0 Å². The Kier molecular flexibility index (Phi) is 6.84. The zero-order valence-corrected chi connectivity index (χ0v) is 17.0. The number of nitrogens with one attached hydrogen (secondary N) is 1. The number of benzene rings is 2. The van der Waals surface area contributed by atoms with Gasteiger partial charge in [-0.1, -0.05) is 11.6 Å². The average Bonchev–Trinajstić information content (AvgIpc) is 2.70. The number of esters is 1. The Morgan fingerprint density at radius 1 is 1.00 bits per heavy atom. The summed E-state index contributed by atoms with van der Waals surface area (Å²) in [6.07, 6.45) is -3.48. The number of rotatable bonds is 6. The lowest BCUT2D eigenvalue weighted by Gasteiger charge is -2.10. The van der Waals surface area contributed by atoms with Crippen LogP contribution in [0.2, 0.25) is 5.02 Å². The minimum atomic E-state index is -4.81. The van der Waals surface area contributed by atoms with Gasteiger partial charge in [0.2, 0.25) is 5.88 Å². The molecule has 0 fully saturated rings. The van der Waals surface area contributed by atoms with Crippen LogP contribution < -0.4 is 19.5 Å². The average molecular weight is 467 g/mol. The molecule has 0 radical (unpaired) electrons. The van der Waals surface area contributed by atoms with Crippen molar-refractivity contribution >= 4 is 29.2 Å². The number of hydrogen-bond acceptors (Lipinski definition) is 6. The summed E-state index contributed by atoms with van der Waals surface area (Å²) in [6, 6.07) is 11.9. The Bertz CT molecular complexity index is 1120. The van der Waals surface area contributed by atoms with Crippen LogP contribution in [-0.2, 0) is 4.79 Å². The molecule has 1 aromatic heterocycles. The zero-order chi connectivity index (χ0) is 23.3. The third kappa shape index (κ3) is 6.61. The van der Waals surface area contributed by atoms with E-state index in [9.17, 15) is 22.8 Å². The Hall–Kier alpha value is -3.79. The van der Waals surface area contributed by atoms with Crippen LogP contribution in [0.1, 0.15) is 17.3 Å². The fraction of sp³-hybridized carbons (Fsp3) is 0.0952. The molecule has 1 heterocycles. The summed E-state index contributed by atoms with van der Waals surface area (Å²) in [4.78, 5) is 27.3. The minimum absolute atomic E-state index is 0.125. The van der Waals surface area contributed by atoms with Gasteiger partial charge in [0.05, 0.1) is 16.9 Å². The molecule has 0 atom stereocenters. The topological polar surface area (TPSA) is 86.8 Å². The molecule has 3 rings (SSSR count). The largest absolute Gasteiger partial charge is 0.573 e. The van der Waals surface area contributed by atoms with Crippen molar-refractivity contribution in [2.24, 2.45) is 0 Å². The van der Waals surface area contributed by atoms with Crippen molar-refractivity contribution in [3.8, 4) is 23.1 Å². The second-order valence-corrected chi connectivity index (χ2v) is 6.61. The van der Waals surface area contributed by atoms with E-state index in [-0.39, 0.29) is 28.0 Å². The molecule has 0 bridgehead atoms. The van der Waals surface area contributed by atoms with E-state index < -0.39 is 24.0 Å². The van der Waals surface area contributed by atoms with Crippen molar-refractivity contribution < 1.29 is 37.0 Å². The lowest BCUT2D eigenvalue weighted by Crippen LogP contribution is -2.17. The molecular formula is C21H14ClF3N2O5. The van der Waals surface area contributed by atoms with Gasteiger partial charge >= 0.3 is 12.3 Å². The number of halogens is 4. The molecule has 0 saturated heterocycles. The number of ether oxygens (including phenoxy) is 3. The molecular weight excluding hydrogens is 453 g/mol. The van der Waals surface area contributed by atoms with E-state index >= 15 is 0 Å². The number of carbonyl (C=O) groups is 2. The van der Waals surface area contributed by atoms with Crippen LogP contribution in [0, 0.1) is 0 Å². The number of pyridine rings is 1. The Labute approximate surface area is 184 Å². The van der Waals surface area contributed by atoms with Gasteiger partial charge in [-0.15, -0.1) is 13.2 Å². The van der Waals surface area contributed by atoms with Gasteiger partial charge in [-0.25, -0.2) is 4.98 Å². The van der Waals surface area contributed by atoms with Gasteiger partial charge < -0.3 is 19.5 Å². The van der Waals surface area contributed by atoms with Crippen LogP contribution in [0.25, 0.3) is 0 Å². The molecule has 7 nitrogen and oxygen atoms in total. The highest BCUT2D eigenvalue weighted by Crippen LogP contribution is 2.32. The summed E-state index contributed by atoms with van der Waals surface area (Å²) in [5.74, 6) is -0.759. The van der Waals surface area contributed by atoms with Crippen molar-refractivity contribution in [3.05, 3.63) is 71.4 Å². The number of alkyl halides is 3. The number of anilines is 1. The molecule has 0 saturated carbocycles. The maximum absolute atomic E-state index is 12.3. The van der Waals surface area contributed by atoms with E-state index in [1.807, 2.05) is 0 Å². The van der Waals surface area contributed by atoms with Gasteiger partial charge in [0.15, 0.2) is 0 Å². The predicted octanol–water partition coefficient (Wildman–Crippen LogP) is 5.60. The second-order valence-electron chi connectivity index (χ2n) is 6.20. The molecule has 0 aliphatic heterocycles. The van der Waals surface area contributed by atoms with Gasteiger partial charge in [-0.05, 0) is 42.5 Å². The first-order valence-electron chi connectivity index (χ1n) is 8.88. The summed E-state index contributed by atoms with van der Waals surface area (Å²) >= 11 is 6.10. The van der Waals surface area contributed by atoms with Crippen LogP contribution in [0.15, 0.2) is 60.8 Å². The molecule has 2 aromatic carbocycles. The Morgan fingerprint density at radius 2 is 1.69 bits per heavy atom. The normalized spacial score (nSPS) is 10.9. The SMILES string of the molecule is CC(=O)Oc1ccc(Oc2ccc(NC(=O)c3ccc(OC(F)(F)F)cc3)cn2)c(Cl)c1. The van der Waals surface area contributed by atoms with E-state index in [0.29, 0.717) is 5.69 Å². The molecule has 3 aromatic rings. The van der Waals surface area contributed by atoms with E-state index in [1.54, 1.807) is 0 Å². The Balaban J connectivity index is 1.61. The highest BCUT2D eigenvalue weighted by molar-refractivity contribution is 6.32. The zero-order valence-electron chi connectivity index (χ0n) is 16.3. The summed E-state index contributed by atoms with van der Waals surface area (Å²) in [7, 11) is 0. The smallest absolute Gasteiger partial charge is 0.437 e. The molecule has 166 valence electrons. The maximum Gasteiger partial charge on any atom is 0.573 e. The van der Waals surface area contributed by atoms with Crippen LogP contribution in [-0.4, -0.2) is 23.2 Å². The van der Waals surface area contributed by atoms with Gasteiger partial charge in [-0.3, -0.25) is 9.59 Å². The number of hydrogen-bond donors (Lipinski definition) is 1. The molecule has 0 aliphatic carbocycles. The van der Waals surface area contributed by atoms with Gasteiger partial charge in [0.1, 0.15) is 17.2 Å². The van der Waals surface area contributed by atoms with Crippen LogP contribution >= 0.6 is 11.6 Å². The first kappa shape index (κ1) is 22.9. The third-order valence-corrected chi connectivity index (χ3v) is 4.02. The number of amides is 1. The Morgan fingerprint density at radius 3 is 2.25 bits per heavy atom. The first-order chi connectivity index (χ1) is 15.1. The molecule has 32 heavy (non-hydrogen) atoms. The maximum atomic E-state index is 12.3. The number of carbonyl (C=O) groups excluding carboxylic acids is 2. The third-order valence-electron chi connectivity index (χ3n) is 3.72. The summed E-state index contributed by atoms with van der Waals surface area (Å²) in [5, 5.41) is 2.75. The van der Waals surface area contributed by atoms with E-state index in [1.165, 1.54) is 55.6 Å². The summed E-state index contributed by atoms with van der Waals surface area (Å²) < 4.78 is 50.9. The van der Waals surface area contributed by atoms with E-state index in [2.05, 4.69) is 15.0 Å². The summed E-state index contributed by atoms with van der Waals surface area (Å²) in [5.41, 5.74) is 0.453. The molecule has 0 unspecified atom stereocenters. The standard InChI is InChI=1S/C21H14ClF3N2O5/c1-12(28)30-16-7-8-18(17(22)10-16)31-19-9-4-14(11-26-19)27-20(29)13-2-5-15(6-3-13)32-21(23,24)25/h2-11H,1H3,(H,27,29). The van der Waals surface area contributed by atoms with Gasteiger partial charge in [-0.2, -0.15) is 0 Å². The lowest BCUT2D eigenvalue weighted by molar-refractivity contribution is -0.274. The fourth-order valence-electron chi connectivity index (χ4n) is 2.43. The fourth-order valence-corrected chi connectivity index (χ4v) is 2.64. The van der Waals surface area contributed by atoms with E-state index in [4.69, 9.17) is 21.1 Å². The van der Waals surface area contributed by atoms with Gasteiger partial charge in [0, 0.05) is 24.6 Å². The molecule has 0 aliphatic rings. The van der Waals surface area contributed by atoms with Gasteiger partial charge in [0.25, 0.3) is 5.91 Å². The molecule has 0 spiro atoms. The minimum Gasteiger partial charge on any atom is -0.437 e. The van der Waals surface area contributed by atoms with Crippen LogP contribution in [0.5, 0.6) is 23.1 Å². The molecule has 1 amide bonds. The van der Waals surface area contributed by atoms with E-state index in [0.717, 1.165) is 12.1 Å². The number of nitrogens with zero attached hydrogens (tertiary/aromatic N) is 1. The second kappa shape index (κ2) is 9.56. The van der Waals surface area contributed by atoms with Crippen molar-refractivity contribution in [2.45, 2.75) is 13.3 Å². The summed E-state index contributed by atoms with van der Waals surface area (Å²) in [6.45, 7) is 1.26.